The molecule has 5 nitrogen and oxygen atoms in total. The van der Waals surface area contributed by atoms with Crippen molar-refractivity contribution in [3.8, 4) is 5.75 Å². The molecular formula is C10H14N2O3. The predicted octanol–water partition coefficient (Wildman–Crippen LogP) is 1.75. The van der Waals surface area contributed by atoms with Crippen LogP contribution in [-0.4, -0.2) is 17.1 Å². The summed E-state index contributed by atoms with van der Waals surface area (Å²) in [6.45, 7) is 3.68. The number of nitro benzene ring substituents is 1. The van der Waals surface area contributed by atoms with E-state index in [4.69, 9.17) is 0 Å². The summed E-state index contributed by atoms with van der Waals surface area (Å²) in [5.41, 5.74) is -0.0128. The second-order valence-electron chi connectivity index (χ2n) is 3.83. The van der Waals surface area contributed by atoms with Crippen molar-refractivity contribution in [2.24, 2.45) is 0 Å². The molecule has 0 amide bonds. The molecule has 0 saturated carbocycles. The lowest BCUT2D eigenvalue weighted by molar-refractivity contribution is -0.385. The van der Waals surface area contributed by atoms with Gasteiger partial charge in [0.1, 0.15) is 5.75 Å². The Morgan fingerprint density at radius 2 is 2.07 bits per heavy atom. The van der Waals surface area contributed by atoms with Crippen molar-refractivity contribution in [1.82, 2.24) is 5.32 Å². The molecule has 0 atom stereocenters. The number of aromatic hydroxyl groups is 1. The largest absolute Gasteiger partial charge is 0.508 e. The van der Waals surface area contributed by atoms with E-state index in [0.29, 0.717) is 5.56 Å². The maximum Gasteiger partial charge on any atom is 0.270 e. The molecule has 0 heterocycles. The Morgan fingerprint density at radius 3 is 2.53 bits per heavy atom. The molecule has 0 aliphatic heterocycles. The van der Waals surface area contributed by atoms with Gasteiger partial charge in [0.25, 0.3) is 5.69 Å². The van der Waals surface area contributed by atoms with Crippen molar-refractivity contribution in [2.45, 2.75) is 19.4 Å². The van der Waals surface area contributed by atoms with Gasteiger partial charge in [-0.2, -0.15) is 0 Å². The molecule has 0 aromatic heterocycles. The Kier molecular flexibility index (Phi) is 2.95. The summed E-state index contributed by atoms with van der Waals surface area (Å²) in [5.74, 6) is 0.0555. The third kappa shape index (κ3) is 2.24. The first-order valence-electron chi connectivity index (χ1n) is 4.55. The maximum atomic E-state index is 10.6. The lowest BCUT2D eigenvalue weighted by Gasteiger charge is -2.25. The van der Waals surface area contributed by atoms with Crippen LogP contribution in [0.4, 0.5) is 5.69 Å². The Hall–Kier alpha value is -1.62. The minimum absolute atomic E-state index is 0.0221. The van der Waals surface area contributed by atoms with Gasteiger partial charge in [0.15, 0.2) is 0 Å². The molecule has 5 heteroatoms. The number of phenols is 1. The lowest BCUT2D eigenvalue weighted by Crippen LogP contribution is -2.33. The molecule has 15 heavy (non-hydrogen) atoms. The van der Waals surface area contributed by atoms with E-state index in [-0.39, 0.29) is 11.4 Å². The SMILES string of the molecule is CNC(C)(C)c1cc([N+](=O)[O-])ccc1O. The Morgan fingerprint density at radius 1 is 1.47 bits per heavy atom. The van der Waals surface area contributed by atoms with Crippen LogP contribution >= 0.6 is 0 Å². The zero-order valence-electron chi connectivity index (χ0n) is 8.94. The molecule has 0 aliphatic carbocycles. The van der Waals surface area contributed by atoms with E-state index in [1.807, 2.05) is 13.8 Å². The van der Waals surface area contributed by atoms with Crippen LogP contribution < -0.4 is 5.32 Å². The monoisotopic (exact) mass is 210 g/mol. The van der Waals surface area contributed by atoms with Gasteiger partial charge in [0, 0.05) is 23.2 Å². The van der Waals surface area contributed by atoms with E-state index < -0.39 is 10.5 Å². The van der Waals surface area contributed by atoms with Crippen LogP contribution in [0.5, 0.6) is 5.75 Å². The van der Waals surface area contributed by atoms with Gasteiger partial charge in [-0.1, -0.05) is 0 Å². The number of benzene rings is 1. The van der Waals surface area contributed by atoms with Gasteiger partial charge in [0.2, 0.25) is 0 Å². The average Bonchev–Trinajstić information content (AvgIpc) is 2.17. The first-order chi connectivity index (χ1) is 6.88. The predicted molar refractivity (Wildman–Crippen MR) is 56.8 cm³/mol. The maximum absolute atomic E-state index is 10.6. The van der Waals surface area contributed by atoms with Gasteiger partial charge in [-0.25, -0.2) is 0 Å². The average molecular weight is 210 g/mol. The summed E-state index contributed by atoms with van der Waals surface area (Å²) in [6, 6.07) is 4.00. The van der Waals surface area contributed by atoms with Gasteiger partial charge in [-0.15, -0.1) is 0 Å². The fourth-order valence-electron chi connectivity index (χ4n) is 1.27. The first-order valence-corrected chi connectivity index (χ1v) is 4.55. The van der Waals surface area contributed by atoms with Gasteiger partial charge in [-0.05, 0) is 27.0 Å². The molecule has 1 aromatic carbocycles. The van der Waals surface area contributed by atoms with Gasteiger partial charge >= 0.3 is 0 Å². The standard InChI is InChI=1S/C10H14N2O3/c1-10(2,11-3)8-6-7(12(14)15)4-5-9(8)13/h4-6,11,13H,1-3H3. The third-order valence-electron chi connectivity index (χ3n) is 2.49. The fourth-order valence-corrected chi connectivity index (χ4v) is 1.27. The highest BCUT2D eigenvalue weighted by Gasteiger charge is 2.24. The Bertz CT molecular complexity index is 388. The molecule has 0 saturated heterocycles. The summed E-state index contributed by atoms with van der Waals surface area (Å²) in [4.78, 5) is 10.1. The Labute approximate surface area is 87.9 Å². The smallest absolute Gasteiger partial charge is 0.270 e. The van der Waals surface area contributed by atoms with Crippen LogP contribution in [0.1, 0.15) is 19.4 Å². The third-order valence-corrected chi connectivity index (χ3v) is 2.49. The summed E-state index contributed by atoms with van der Waals surface area (Å²) < 4.78 is 0. The van der Waals surface area contributed by atoms with Crippen molar-refractivity contribution in [3.05, 3.63) is 33.9 Å². The molecule has 0 unspecified atom stereocenters. The highest BCUT2D eigenvalue weighted by Crippen LogP contribution is 2.31. The van der Waals surface area contributed by atoms with E-state index in [2.05, 4.69) is 5.32 Å². The number of hydrogen-bond donors (Lipinski definition) is 2. The van der Waals surface area contributed by atoms with E-state index in [9.17, 15) is 15.2 Å². The second kappa shape index (κ2) is 3.86. The summed E-state index contributed by atoms with van der Waals surface area (Å²) >= 11 is 0. The van der Waals surface area contributed by atoms with Crippen LogP contribution in [0.3, 0.4) is 0 Å². The van der Waals surface area contributed by atoms with Crippen LogP contribution in [0.25, 0.3) is 0 Å². The number of nitrogens with zero attached hydrogens (tertiary/aromatic N) is 1. The van der Waals surface area contributed by atoms with Crippen LogP contribution in [0, 0.1) is 10.1 Å². The number of phenolic OH excluding ortho intramolecular Hbond substituents is 1. The quantitative estimate of drug-likeness (QED) is 0.588. The summed E-state index contributed by atoms with van der Waals surface area (Å²) in [5, 5.41) is 23.2. The van der Waals surface area contributed by atoms with Crippen molar-refractivity contribution in [2.75, 3.05) is 7.05 Å². The number of nitrogens with one attached hydrogen (secondary N) is 1. The summed E-state index contributed by atoms with van der Waals surface area (Å²) in [6.07, 6.45) is 0. The van der Waals surface area contributed by atoms with E-state index in [0.717, 1.165) is 0 Å². The van der Waals surface area contributed by atoms with Gasteiger partial charge in [-0.3, -0.25) is 10.1 Å². The van der Waals surface area contributed by atoms with Crippen LogP contribution in [0.2, 0.25) is 0 Å². The van der Waals surface area contributed by atoms with Crippen molar-refractivity contribution < 1.29 is 10.0 Å². The highest BCUT2D eigenvalue weighted by atomic mass is 16.6. The van der Waals surface area contributed by atoms with Gasteiger partial charge in [0.05, 0.1) is 4.92 Å². The lowest BCUT2D eigenvalue weighted by atomic mass is 9.93. The van der Waals surface area contributed by atoms with E-state index in [1.165, 1.54) is 18.2 Å². The number of hydrogen-bond acceptors (Lipinski definition) is 4. The summed E-state index contributed by atoms with van der Waals surface area (Å²) in [7, 11) is 1.73. The molecule has 2 N–H and O–H groups in total. The second-order valence-corrected chi connectivity index (χ2v) is 3.83. The van der Waals surface area contributed by atoms with E-state index >= 15 is 0 Å². The zero-order chi connectivity index (χ0) is 11.6. The molecule has 0 aliphatic rings. The van der Waals surface area contributed by atoms with Crippen molar-refractivity contribution in [3.63, 3.8) is 0 Å². The molecular weight excluding hydrogens is 196 g/mol. The van der Waals surface area contributed by atoms with E-state index in [1.54, 1.807) is 7.05 Å². The number of non-ortho nitro benzene ring substituents is 1. The topological polar surface area (TPSA) is 75.4 Å². The van der Waals surface area contributed by atoms with Gasteiger partial charge < -0.3 is 10.4 Å². The first kappa shape index (κ1) is 11.5. The fraction of sp³-hybridized carbons (Fsp3) is 0.400. The minimum Gasteiger partial charge on any atom is -0.508 e. The zero-order valence-corrected chi connectivity index (χ0v) is 8.94. The molecule has 0 radical (unpaired) electrons. The number of nitro groups is 1. The van der Waals surface area contributed by atoms with Crippen LogP contribution in [-0.2, 0) is 5.54 Å². The molecule has 82 valence electrons. The minimum atomic E-state index is -0.504. The Balaban J connectivity index is 3.28. The number of rotatable bonds is 3. The molecule has 1 rings (SSSR count). The van der Waals surface area contributed by atoms with Crippen molar-refractivity contribution >= 4 is 5.69 Å². The molecule has 1 aromatic rings. The van der Waals surface area contributed by atoms with Crippen molar-refractivity contribution in [1.29, 1.82) is 0 Å². The molecule has 0 fully saturated rings. The van der Waals surface area contributed by atoms with Crippen LogP contribution in [0.15, 0.2) is 18.2 Å². The molecule has 0 bridgehead atoms. The highest BCUT2D eigenvalue weighted by molar-refractivity contribution is 5.46. The normalized spacial score (nSPS) is 11.4. The molecule has 0 spiro atoms.